The summed E-state index contributed by atoms with van der Waals surface area (Å²) >= 11 is 23.6. The summed E-state index contributed by atoms with van der Waals surface area (Å²) in [6.07, 6.45) is 1.45. The minimum Gasteiger partial charge on any atom is -0.490 e. The SMILES string of the molecule is CCOc1cc(C=C2C(=O)N(C)C(=S)N(C)C2=O)cc(Cl)c1OCc1ccc(Cl)c(Cl)c1. The number of likely N-dealkylation sites (N-methyl/N-ethyl adjacent to an activating group) is 2. The Kier molecular flexibility index (Phi) is 7.67. The number of ether oxygens (including phenoxy) is 2. The van der Waals surface area contributed by atoms with Crippen molar-refractivity contribution in [1.29, 1.82) is 0 Å². The van der Waals surface area contributed by atoms with Crippen LogP contribution in [0.15, 0.2) is 35.9 Å². The van der Waals surface area contributed by atoms with Crippen LogP contribution in [0.3, 0.4) is 0 Å². The van der Waals surface area contributed by atoms with Gasteiger partial charge in [-0.15, -0.1) is 0 Å². The molecule has 1 aliphatic rings. The zero-order valence-electron chi connectivity index (χ0n) is 17.4. The molecule has 2 aromatic rings. The zero-order valence-corrected chi connectivity index (χ0v) is 20.5. The lowest BCUT2D eigenvalue weighted by atomic mass is 10.1. The first-order valence-electron chi connectivity index (χ1n) is 9.48. The van der Waals surface area contributed by atoms with Crippen molar-refractivity contribution in [2.75, 3.05) is 20.7 Å². The van der Waals surface area contributed by atoms with E-state index >= 15 is 0 Å². The molecule has 1 heterocycles. The van der Waals surface area contributed by atoms with Gasteiger partial charge in [-0.05, 0) is 60.6 Å². The molecule has 1 saturated heterocycles. The summed E-state index contributed by atoms with van der Waals surface area (Å²) in [5, 5.41) is 1.26. The average molecular weight is 514 g/mol. The number of halogens is 3. The number of hydrogen-bond donors (Lipinski definition) is 0. The number of carbonyl (C=O) groups is 2. The standard InChI is InChI=1S/C22H19Cl3N2O4S/c1-4-30-18-10-13(7-14-20(28)26(2)22(32)27(3)21(14)29)9-17(25)19(18)31-11-12-5-6-15(23)16(24)8-12/h5-10H,4,11H2,1-3H3. The second kappa shape index (κ2) is 10.1. The minimum atomic E-state index is -0.493. The molecule has 0 N–H and O–H groups in total. The van der Waals surface area contributed by atoms with E-state index in [1.807, 2.05) is 6.92 Å². The fourth-order valence-corrected chi connectivity index (χ4v) is 3.76. The third kappa shape index (κ3) is 5.02. The molecule has 1 fully saturated rings. The highest BCUT2D eigenvalue weighted by molar-refractivity contribution is 7.80. The van der Waals surface area contributed by atoms with Crippen molar-refractivity contribution < 1.29 is 19.1 Å². The Morgan fingerprint density at radius 3 is 2.19 bits per heavy atom. The van der Waals surface area contributed by atoms with Crippen LogP contribution in [0.1, 0.15) is 18.1 Å². The monoisotopic (exact) mass is 512 g/mol. The number of rotatable bonds is 6. The van der Waals surface area contributed by atoms with Crippen LogP contribution in [0, 0.1) is 0 Å². The van der Waals surface area contributed by atoms with Gasteiger partial charge in [-0.3, -0.25) is 19.4 Å². The summed E-state index contributed by atoms with van der Waals surface area (Å²) in [6, 6.07) is 8.42. The molecule has 2 amide bonds. The van der Waals surface area contributed by atoms with Gasteiger partial charge in [0.2, 0.25) is 0 Å². The molecule has 0 atom stereocenters. The molecular formula is C22H19Cl3N2O4S. The van der Waals surface area contributed by atoms with Crippen molar-refractivity contribution in [3.63, 3.8) is 0 Å². The maximum Gasteiger partial charge on any atom is 0.265 e. The fraction of sp³-hybridized carbons (Fsp3) is 0.227. The molecule has 0 aliphatic carbocycles. The maximum atomic E-state index is 12.6. The van der Waals surface area contributed by atoms with Gasteiger partial charge in [0, 0.05) is 14.1 Å². The maximum absolute atomic E-state index is 12.6. The second-order valence-corrected chi connectivity index (χ2v) is 8.46. The van der Waals surface area contributed by atoms with Crippen molar-refractivity contribution in [2.24, 2.45) is 0 Å². The third-order valence-corrected chi connectivity index (χ3v) is 6.22. The molecular weight excluding hydrogens is 495 g/mol. The topological polar surface area (TPSA) is 59.1 Å². The Hall–Kier alpha value is -2.32. The van der Waals surface area contributed by atoms with Crippen LogP contribution in [-0.2, 0) is 16.2 Å². The Bertz CT molecular complexity index is 1110. The summed E-state index contributed by atoms with van der Waals surface area (Å²) in [5.74, 6) is -0.280. The molecule has 0 radical (unpaired) electrons. The van der Waals surface area contributed by atoms with Crippen LogP contribution >= 0.6 is 47.0 Å². The largest absolute Gasteiger partial charge is 0.490 e. The second-order valence-electron chi connectivity index (χ2n) is 6.87. The molecule has 168 valence electrons. The van der Waals surface area contributed by atoms with Crippen molar-refractivity contribution in [2.45, 2.75) is 13.5 Å². The Morgan fingerprint density at radius 2 is 1.59 bits per heavy atom. The van der Waals surface area contributed by atoms with Crippen LogP contribution in [0.2, 0.25) is 15.1 Å². The van der Waals surface area contributed by atoms with E-state index in [0.29, 0.717) is 33.7 Å². The van der Waals surface area contributed by atoms with Crippen LogP contribution in [-0.4, -0.2) is 47.4 Å². The molecule has 6 nitrogen and oxygen atoms in total. The van der Waals surface area contributed by atoms with Gasteiger partial charge in [-0.25, -0.2) is 0 Å². The van der Waals surface area contributed by atoms with E-state index in [1.165, 1.54) is 30.0 Å². The van der Waals surface area contributed by atoms with Crippen molar-refractivity contribution in [1.82, 2.24) is 9.80 Å². The summed E-state index contributed by atoms with van der Waals surface area (Å²) in [4.78, 5) is 27.6. The molecule has 0 spiro atoms. The lowest BCUT2D eigenvalue weighted by Gasteiger charge is -2.31. The Balaban J connectivity index is 1.93. The zero-order chi connectivity index (χ0) is 23.6. The predicted octanol–water partition coefficient (Wildman–Crippen LogP) is 5.22. The Morgan fingerprint density at radius 1 is 0.938 bits per heavy atom. The van der Waals surface area contributed by atoms with Gasteiger partial charge in [-0.2, -0.15) is 0 Å². The van der Waals surface area contributed by atoms with E-state index < -0.39 is 11.8 Å². The van der Waals surface area contributed by atoms with Crippen molar-refractivity contribution >= 4 is 70.0 Å². The normalized spacial score (nSPS) is 14.2. The lowest BCUT2D eigenvalue weighted by molar-refractivity contribution is -0.132. The molecule has 1 aliphatic heterocycles. The number of thiocarbonyl (C=S) groups is 1. The summed E-state index contributed by atoms with van der Waals surface area (Å²) in [6.45, 7) is 2.36. The number of benzene rings is 2. The highest BCUT2D eigenvalue weighted by Gasteiger charge is 2.35. The van der Waals surface area contributed by atoms with Gasteiger partial charge in [0.25, 0.3) is 11.8 Å². The van der Waals surface area contributed by atoms with E-state index in [2.05, 4.69) is 0 Å². The van der Waals surface area contributed by atoms with E-state index in [0.717, 1.165) is 5.56 Å². The average Bonchev–Trinajstić information content (AvgIpc) is 2.76. The van der Waals surface area contributed by atoms with Crippen molar-refractivity contribution in [3.05, 3.63) is 62.1 Å². The van der Waals surface area contributed by atoms with E-state index in [1.54, 1.807) is 30.3 Å². The van der Waals surface area contributed by atoms with Crippen molar-refractivity contribution in [3.8, 4) is 11.5 Å². The van der Waals surface area contributed by atoms with Crippen LogP contribution in [0.25, 0.3) is 6.08 Å². The summed E-state index contributed by atoms with van der Waals surface area (Å²) in [7, 11) is 3.03. The molecule has 2 aromatic carbocycles. The first-order chi connectivity index (χ1) is 15.1. The Labute approximate surface area is 206 Å². The van der Waals surface area contributed by atoms with E-state index in [-0.39, 0.29) is 22.3 Å². The quantitative estimate of drug-likeness (QED) is 0.301. The molecule has 10 heteroatoms. The number of carbonyl (C=O) groups excluding carboxylic acids is 2. The molecule has 0 aromatic heterocycles. The third-order valence-electron chi connectivity index (χ3n) is 4.65. The van der Waals surface area contributed by atoms with Gasteiger partial charge in [0.1, 0.15) is 12.2 Å². The van der Waals surface area contributed by atoms with Gasteiger partial charge < -0.3 is 9.47 Å². The highest BCUT2D eigenvalue weighted by Crippen LogP contribution is 2.38. The fourth-order valence-electron chi connectivity index (χ4n) is 3.00. The van der Waals surface area contributed by atoms with E-state index in [9.17, 15) is 9.59 Å². The molecule has 0 unspecified atom stereocenters. The highest BCUT2D eigenvalue weighted by atomic mass is 35.5. The summed E-state index contributed by atoms with van der Waals surface area (Å²) in [5.41, 5.74) is 1.27. The minimum absolute atomic E-state index is 0.0356. The molecule has 0 bridgehead atoms. The number of nitrogens with zero attached hydrogens (tertiary/aromatic N) is 2. The van der Waals surface area contributed by atoms with Crippen LogP contribution in [0.5, 0.6) is 11.5 Å². The first-order valence-corrected chi connectivity index (χ1v) is 11.0. The van der Waals surface area contributed by atoms with Gasteiger partial charge in [0.15, 0.2) is 16.6 Å². The molecule has 3 rings (SSSR count). The predicted molar refractivity (Wildman–Crippen MR) is 130 cm³/mol. The number of amides is 2. The van der Waals surface area contributed by atoms with Gasteiger partial charge in [0.05, 0.1) is 21.7 Å². The van der Waals surface area contributed by atoms with E-state index in [4.69, 9.17) is 56.5 Å². The smallest absolute Gasteiger partial charge is 0.265 e. The molecule has 0 saturated carbocycles. The summed E-state index contributed by atoms with van der Waals surface area (Å²) < 4.78 is 11.6. The lowest BCUT2D eigenvalue weighted by Crippen LogP contribution is -2.52. The van der Waals surface area contributed by atoms with Crippen LogP contribution in [0.4, 0.5) is 0 Å². The van der Waals surface area contributed by atoms with Gasteiger partial charge >= 0.3 is 0 Å². The van der Waals surface area contributed by atoms with Crippen LogP contribution < -0.4 is 9.47 Å². The van der Waals surface area contributed by atoms with Gasteiger partial charge in [-0.1, -0.05) is 40.9 Å². The molecule has 32 heavy (non-hydrogen) atoms. The number of hydrogen-bond acceptors (Lipinski definition) is 5. The first kappa shape index (κ1) is 24.3.